The third-order valence-corrected chi connectivity index (χ3v) is 6.58. The second-order valence-corrected chi connectivity index (χ2v) is 9.37. The third kappa shape index (κ3) is 3.64. The molecule has 0 saturated heterocycles. The maximum absolute atomic E-state index is 14.8. The molecule has 3 aromatic heterocycles. The minimum atomic E-state index is -0.594. The summed E-state index contributed by atoms with van der Waals surface area (Å²) in [6.45, 7) is 3.90. The minimum Gasteiger partial charge on any atom is -0.306 e. The monoisotopic (exact) mass is 458 g/mol. The summed E-state index contributed by atoms with van der Waals surface area (Å²) >= 11 is 0. The van der Waals surface area contributed by atoms with Crippen molar-refractivity contribution in [3.8, 4) is 17.2 Å². The van der Waals surface area contributed by atoms with Gasteiger partial charge < -0.3 is 9.88 Å². The molecule has 9 nitrogen and oxygen atoms in total. The third-order valence-electron chi connectivity index (χ3n) is 6.58. The van der Waals surface area contributed by atoms with Crippen LogP contribution < -0.4 is 5.32 Å². The van der Waals surface area contributed by atoms with Crippen molar-refractivity contribution in [1.29, 1.82) is 0 Å². The molecule has 2 aliphatic rings. The first-order chi connectivity index (χ1) is 16.4. The molecule has 172 valence electrons. The van der Waals surface area contributed by atoms with E-state index in [-0.39, 0.29) is 16.9 Å². The van der Waals surface area contributed by atoms with Crippen molar-refractivity contribution in [1.82, 2.24) is 34.7 Å². The summed E-state index contributed by atoms with van der Waals surface area (Å²) in [6, 6.07) is 8.11. The van der Waals surface area contributed by atoms with Crippen LogP contribution in [-0.2, 0) is 5.54 Å². The number of nitrogens with zero attached hydrogens (tertiary/aromatic N) is 7. The number of nitrogens with one attached hydrogen (secondary N) is 1. The normalized spacial score (nSPS) is 16.4. The van der Waals surface area contributed by atoms with Crippen molar-refractivity contribution < 1.29 is 9.18 Å². The quantitative estimate of drug-likeness (QED) is 0.468. The Kier molecular flexibility index (Phi) is 4.58. The highest BCUT2D eigenvalue weighted by atomic mass is 19.1. The van der Waals surface area contributed by atoms with Gasteiger partial charge in [0.1, 0.15) is 17.3 Å². The summed E-state index contributed by atoms with van der Waals surface area (Å²) in [5, 5.41) is 14.7. The molecule has 10 heteroatoms. The molecule has 0 unspecified atom stereocenters. The maximum atomic E-state index is 14.8. The van der Waals surface area contributed by atoms with Crippen LogP contribution in [0.25, 0.3) is 17.2 Å². The number of halogens is 1. The molecule has 0 bridgehead atoms. The number of hydrogen-bond donors (Lipinski definition) is 1. The number of tetrazole rings is 1. The van der Waals surface area contributed by atoms with E-state index >= 15 is 0 Å². The minimum absolute atomic E-state index is 0.0650. The van der Waals surface area contributed by atoms with Crippen LogP contribution in [0.5, 0.6) is 0 Å². The number of aryl methyl sites for hydroxylation is 1. The standard InChI is InChI=1S/C24H23FN8O/c1-14-10-17(25)16(11-20(14)32-12-19(26-13-32)15-6-7-15)23(34)28-21-5-3-4-18(27-21)22-29-30-31-33(22)24(2)8-9-24/h3-5,10-13,15H,6-9H2,1-2H3,(H,27,28,34). The van der Waals surface area contributed by atoms with Gasteiger partial charge in [0.2, 0.25) is 5.82 Å². The molecular formula is C24H23FN8O. The Labute approximate surface area is 195 Å². The Morgan fingerprint density at radius 3 is 2.82 bits per heavy atom. The smallest absolute Gasteiger partial charge is 0.259 e. The molecule has 6 rings (SSSR count). The average molecular weight is 459 g/mol. The van der Waals surface area contributed by atoms with Crippen molar-refractivity contribution in [2.75, 3.05) is 5.32 Å². The molecular weight excluding hydrogens is 435 g/mol. The lowest BCUT2D eigenvalue weighted by atomic mass is 10.1. The number of pyridine rings is 1. The van der Waals surface area contributed by atoms with Crippen LogP contribution in [-0.4, -0.2) is 40.6 Å². The number of anilines is 1. The Morgan fingerprint density at radius 1 is 1.24 bits per heavy atom. The SMILES string of the molecule is Cc1cc(F)c(C(=O)Nc2cccc(-c3nnnn3C3(C)CC3)n2)cc1-n1cnc(C2CC2)c1. The van der Waals surface area contributed by atoms with Gasteiger partial charge in [-0.1, -0.05) is 6.07 Å². The van der Waals surface area contributed by atoms with Gasteiger partial charge in [-0.25, -0.2) is 19.0 Å². The highest BCUT2D eigenvalue weighted by molar-refractivity contribution is 6.04. The van der Waals surface area contributed by atoms with E-state index in [1.807, 2.05) is 17.7 Å². The lowest BCUT2D eigenvalue weighted by molar-refractivity contribution is 0.102. The molecule has 34 heavy (non-hydrogen) atoms. The summed E-state index contributed by atoms with van der Waals surface area (Å²) in [6.07, 6.45) is 7.95. The van der Waals surface area contributed by atoms with Crippen LogP contribution in [0.15, 0.2) is 42.9 Å². The summed E-state index contributed by atoms with van der Waals surface area (Å²) < 4.78 is 18.4. The summed E-state index contributed by atoms with van der Waals surface area (Å²) in [4.78, 5) is 22.0. The maximum Gasteiger partial charge on any atom is 0.259 e. The van der Waals surface area contributed by atoms with E-state index in [0.717, 1.165) is 31.4 Å². The molecule has 1 aromatic carbocycles. The van der Waals surface area contributed by atoms with Gasteiger partial charge in [0, 0.05) is 12.1 Å². The number of imidazole rings is 1. The van der Waals surface area contributed by atoms with Gasteiger partial charge in [-0.2, -0.15) is 0 Å². The Balaban J connectivity index is 1.28. The number of benzene rings is 1. The topological polar surface area (TPSA) is 103 Å². The van der Waals surface area contributed by atoms with Crippen molar-refractivity contribution in [2.24, 2.45) is 0 Å². The van der Waals surface area contributed by atoms with Crippen LogP contribution in [0.1, 0.15) is 60.1 Å². The van der Waals surface area contributed by atoms with Gasteiger partial charge in [-0.3, -0.25) is 4.79 Å². The molecule has 0 atom stereocenters. The molecule has 2 fully saturated rings. The summed E-state index contributed by atoms with van der Waals surface area (Å²) in [5.74, 6) is 0.152. The average Bonchev–Trinajstić information content (AvgIpc) is 3.69. The van der Waals surface area contributed by atoms with Crippen LogP contribution in [0.3, 0.4) is 0 Å². The molecule has 0 radical (unpaired) electrons. The lowest BCUT2D eigenvalue weighted by Gasteiger charge is -2.12. The molecule has 3 heterocycles. The van der Waals surface area contributed by atoms with Gasteiger partial charge in [0.15, 0.2) is 0 Å². The molecule has 2 saturated carbocycles. The molecule has 1 N–H and O–H groups in total. The van der Waals surface area contributed by atoms with E-state index in [2.05, 4.69) is 37.7 Å². The first-order valence-electron chi connectivity index (χ1n) is 11.3. The Bertz CT molecular complexity index is 1420. The van der Waals surface area contributed by atoms with E-state index in [4.69, 9.17) is 0 Å². The molecule has 4 aromatic rings. The van der Waals surface area contributed by atoms with Crippen molar-refractivity contribution in [3.63, 3.8) is 0 Å². The van der Waals surface area contributed by atoms with Gasteiger partial charge in [0.05, 0.1) is 28.8 Å². The largest absolute Gasteiger partial charge is 0.306 e. The van der Waals surface area contributed by atoms with Crippen molar-refractivity contribution >= 4 is 11.7 Å². The highest BCUT2D eigenvalue weighted by Crippen LogP contribution is 2.43. The number of rotatable bonds is 6. The zero-order valence-corrected chi connectivity index (χ0v) is 18.9. The fourth-order valence-corrected chi connectivity index (χ4v) is 4.09. The summed E-state index contributed by atoms with van der Waals surface area (Å²) in [7, 11) is 0. The van der Waals surface area contributed by atoms with E-state index in [9.17, 15) is 9.18 Å². The van der Waals surface area contributed by atoms with Crippen LogP contribution >= 0.6 is 0 Å². The van der Waals surface area contributed by atoms with Gasteiger partial charge >= 0.3 is 0 Å². The van der Waals surface area contributed by atoms with Crippen LogP contribution in [0.2, 0.25) is 0 Å². The number of carbonyl (C=O) groups excluding carboxylic acids is 1. The van der Waals surface area contributed by atoms with Crippen LogP contribution in [0.4, 0.5) is 10.2 Å². The predicted molar refractivity (Wildman–Crippen MR) is 122 cm³/mol. The molecule has 2 aliphatic carbocycles. The number of carbonyl (C=O) groups is 1. The zero-order valence-electron chi connectivity index (χ0n) is 18.9. The Morgan fingerprint density at radius 2 is 2.06 bits per heavy atom. The van der Waals surface area contributed by atoms with E-state index < -0.39 is 11.7 Å². The number of aromatic nitrogens is 7. The zero-order chi connectivity index (χ0) is 23.4. The molecule has 0 aliphatic heterocycles. The first kappa shape index (κ1) is 20.6. The molecule has 0 spiro atoms. The van der Waals surface area contributed by atoms with Gasteiger partial charge in [-0.05, 0) is 79.8 Å². The molecule has 1 amide bonds. The highest BCUT2D eigenvalue weighted by Gasteiger charge is 2.42. The fraction of sp³-hybridized carbons (Fsp3) is 0.333. The second-order valence-electron chi connectivity index (χ2n) is 9.37. The van der Waals surface area contributed by atoms with E-state index in [1.165, 1.54) is 6.07 Å². The summed E-state index contributed by atoms with van der Waals surface area (Å²) in [5.41, 5.74) is 2.82. The first-order valence-corrected chi connectivity index (χ1v) is 11.3. The number of hydrogen-bond acceptors (Lipinski definition) is 6. The fourth-order valence-electron chi connectivity index (χ4n) is 4.09. The van der Waals surface area contributed by atoms with E-state index in [0.29, 0.717) is 28.7 Å². The van der Waals surface area contributed by atoms with Crippen LogP contribution in [0, 0.1) is 12.7 Å². The number of amides is 1. The van der Waals surface area contributed by atoms with Gasteiger partial charge in [-0.15, -0.1) is 5.10 Å². The Hall–Kier alpha value is -3.95. The van der Waals surface area contributed by atoms with Gasteiger partial charge in [0.25, 0.3) is 5.91 Å². The lowest BCUT2D eigenvalue weighted by Crippen LogP contribution is -2.17. The van der Waals surface area contributed by atoms with Crippen molar-refractivity contribution in [2.45, 2.75) is 51.0 Å². The second kappa shape index (κ2) is 7.54. The van der Waals surface area contributed by atoms with Crippen molar-refractivity contribution in [3.05, 3.63) is 65.5 Å². The predicted octanol–water partition coefficient (Wildman–Crippen LogP) is 4.01. The van der Waals surface area contributed by atoms with E-state index in [1.54, 1.807) is 35.3 Å².